The highest BCUT2D eigenvalue weighted by Crippen LogP contribution is 2.08. The Morgan fingerprint density at radius 1 is 1.24 bits per heavy atom. The van der Waals surface area contributed by atoms with Crippen LogP contribution in [0.25, 0.3) is 16.7 Å². The Morgan fingerprint density at radius 3 is 3.05 bits per heavy atom. The number of fused-ring (bicyclic) bond motifs is 3. The number of imidazole rings is 1. The molecule has 4 aromatic heterocycles. The van der Waals surface area contributed by atoms with Crippen molar-refractivity contribution >= 4 is 16.7 Å². The summed E-state index contributed by atoms with van der Waals surface area (Å²) >= 11 is 0. The largest absolute Gasteiger partial charge is 0.348 e. The van der Waals surface area contributed by atoms with E-state index in [0.29, 0.717) is 29.6 Å². The standard InChI is InChI=1S/C13H11N7O/c21-13-12-10(20-11(17-18-12)1-4-16-20)3-6-19(13)5-2-9-7-14-8-15-9/h1,3-4,6-8H,2,5H2,(H,14,15). The van der Waals surface area contributed by atoms with Crippen molar-refractivity contribution < 1.29 is 0 Å². The minimum atomic E-state index is -0.170. The van der Waals surface area contributed by atoms with Gasteiger partial charge in [0.2, 0.25) is 0 Å². The SMILES string of the molecule is O=c1c2nnc3ccnn3c2ccn1CCc1cnc[nH]1. The van der Waals surface area contributed by atoms with Crippen LogP contribution in [0.3, 0.4) is 0 Å². The molecule has 0 atom stereocenters. The Kier molecular flexibility index (Phi) is 2.53. The van der Waals surface area contributed by atoms with Crippen LogP contribution in [-0.2, 0) is 13.0 Å². The number of nitrogens with zero attached hydrogens (tertiary/aromatic N) is 6. The van der Waals surface area contributed by atoms with Gasteiger partial charge in [0, 0.05) is 37.1 Å². The van der Waals surface area contributed by atoms with E-state index in [1.807, 2.05) is 6.07 Å². The molecule has 0 saturated carbocycles. The summed E-state index contributed by atoms with van der Waals surface area (Å²) in [6, 6.07) is 3.58. The monoisotopic (exact) mass is 281 g/mol. The Hall–Kier alpha value is -3.03. The van der Waals surface area contributed by atoms with E-state index in [4.69, 9.17) is 0 Å². The van der Waals surface area contributed by atoms with Crippen molar-refractivity contribution in [2.75, 3.05) is 0 Å². The van der Waals surface area contributed by atoms with Crippen LogP contribution in [0, 0.1) is 0 Å². The Bertz CT molecular complexity index is 967. The third-order valence-electron chi connectivity index (χ3n) is 3.40. The van der Waals surface area contributed by atoms with Crippen molar-refractivity contribution in [3.8, 4) is 0 Å². The second-order valence-corrected chi connectivity index (χ2v) is 4.68. The summed E-state index contributed by atoms with van der Waals surface area (Å²) in [6.45, 7) is 0.551. The van der Waals surface area contributed by atoms with Crippen molar-refractivity contribution in [1.82, 2.24) is 34.3 Å². The molecular formula is C13H11N7O. The summed E-state index contributed by atoms with van der Waals surface area (Å²) in [6.07, 6.45) is 7.46. The van der Waals surface area contributed by atoms with E-state index in [-0.39, 0.29) is 5.56 Å². The van der Waals surface area contributed by atoms with Crippen molar-refractivity contribution in [2.45, 2.75) is 13.0 Å². The fourth-order valence-electron chi connectivity index (χ4n) is 2.32. The van der Waals surface area contributed by atoms with E-state index in [9.17, 15) is 4.79 Å². The number of nitrogens with one attached hydrogen (secondary N) is 1. The molecule has 8 nitrogen and oxygen atoms in total. The van der Waals surface area contributed by atoms with Crippen molar-refractivity contribution in [2.24, 2.45) is 0 Å². The molecule has 104 valence electrons. The summed E-state index contributed by atoms with van der Waals surface area (Å²) in [5.41, 5.74) is 2.41. The molecule has 0 bridgehead atoms. The van der Waals surface area contributed by atoms with E-state index in [2.05, 4.69) is 25.3 Å². The topological polar surface area (TPSA) is 93.8 Å². The quantitative estimate of drug-likeness (QED) is 0.587. The summed E-state index contributed by atoms with van der Waals surface area (Å²) in [5.74, 6) is 0. The van der Waals surface area contributed by atoms with Crippen LogP contribution in [-0.4, -0.2) is 34.3 Å². The zero-order chi connectivity index (χ0) is 14.2. The van der Waals surface area contributed by atoms with Crippen LogP contribution >= 0.6 is 0 Å². The van der Waals surface area contributed by atoms with E-state index in [0.717, 1.165) is 5.69 Å². The lowest BCUT2D eigenvalue weighted by Gasteiger charge is -2.06. The summed E-state index contributed by atoms with van der Waals surface area (Å²) < 4.78 is 3.23. The molecule has 0 radical (unpaired) electrons. The molecule has 21 heavy (non-hydrogen) atoms. The maximum Gasteiger partial charge on any atom is 0.280 e. The molecular weight excluding hydrogens is 270 g/mol. The van der Waals surface area contributed by atoms with Crippen LogP contribution in [0.5, 0.6) is 0 Å². The minimum Gasteiger partial charge on any atom is -0.348 e. The van der Waals surface area contributed by atoms with Crippen LogP contribution in [0.4, 0.5) is 0 Å². The van der Waals surface area contributed by atoms with Gasteiger partial charge in [-0.1, -0.05) is 0 Å². The van der Waals surface area contributed by atoms with Crippen molar-refractivity contribution in [1.29, 1.82) is 0 Å². The summed E-state index contributed by atoms with van der Waals surface area (Å²) in [4.78, 5) is 19.4. The molecule has 0 spiro atoms. The average Bonchev–Trinajstić information content (AvgIpc) is 3.17. The Labute approximate surface area is 118 Å². The molecule has 0 unspecified atom stereocenters. The van der Waals surface area contributed by atoms with Gasteiger partial charge in [-0.3, -0.25) is 4.79 Å². The third-order valence-corrected chi connectivity index (χ3v) is 3.40. The molecule has 8 heteroatoms. The van der Waals surface area contributed by atoms with Gasteiger partial charge in [-0.2, -0.15) is 5.10 Å². The molecule has 0 aromatic carbocycles. The van der Waals surface area contributed by atoms with E-state index < -0.39 is 0 Å². The van der Waals surface area contributed by atoms with Gasteiger partial charge in [0.1, 0.15) is 5.52 Å². The van der Waals surface area contributed by atoms with Crippen LogP contribution in [0.15, 0.2) is 41.8 Å². The second-order valence-electron chi connectivity index (χ2n) is 4.68. The number of pyridine rings is 1. The molecule has 4 aromatic rings. The molecule has 4 heterocycles. The maximum atomic E-state index is 12.4. The normalized spacial score (nSPS) is 11.4. The summed E-state index contributed by atoms with van der Waals surface area (Å²) in [5, 5.41) is 12.2. The fraction of sp³-hybridized carbons (Fsp3) is 0.154. The molecule has 0 aliphatic rings. The molecule has 0 aliphatic heterocycles. The van der Waals surface area contributed by atoms with Gasteiger partial charge in [0.25, 0.3) is 5.56 Å². The van der Waals surface area contributed by atoms with E-state index in [1.54, 1.807) is 40.1 Å². The predicted molar refractivity (Wildman–Crippen MR) is 74.8 cm³/mol. The minimum absolute atomic E-state index is 0.170. The predicted octanol–water partition coefficient (Wildman–Crippen LogP) is 0.405. The smallest absolute Gasteiger partial charge is 0.280 e. The highest BCUT2D eigenvalue weighted by molar-refractivity contribution is 5.74. The number of hydrogen-bond acceptors (Lipinski definition) is 5. The highest BCUT2D eigenvalue weighted by Gasteiger charge is 2.09. The second kappa shape index (κ2) is 4.51. The van der Waals surface area contributed by atoms with Gasteiger partial charge in [0.15, 0.2) is 11.2 Å². The van der Waals surface area contributed by atoms with Gasteiger partial charge in [0.05, 0.1) is 12.5 Å². The van der Waals surface area contributed by atoms with Crippen molar-refractivity contribution in [3.05, 3.63) is 53.1 Å². The summed E-state index contributed by atoms with van der Waals surface area (Å²) in [7, 11) is 0. The van der Waals surface area contributed by atoms with Gasteiger partial charge >= 0.3 is 0 Å². The first-order chi connectivity index (χ1) is 10.3. The number of aromatic nitrogens is 7. The van der Waals surface area contributed by atoms with Gasteiger partial charge < -0.3 is 9.55 Å². The van der Waals surface area contributed by atoms with Gasteiger partial charge in [-0.15, -0.1) is 10.2 Å². The molecule has 4 rings (SSSR count). The number of rotatable bonds is 3. The fourth-order valence-corrected chi connectivity index (χ4v) is 2.32. The molecule has 0 saturated heterocycles. The number of H-pyrrole nitrogens is 1. The first kappa shape index (κ1) is 11.8. The molecule has 1 N–H and O–H groups in total. The third kappa shape index (κ3) is 1.88. The van der Waals surface area contributed by atoms with Gasteiger partial charge in [-0.05, 0) is 6.07 Å². The zero-order valence-electron chi connectivity index (χ0n) is 11.0. The first-order valence-electron chi connectivity index (χ1n) is 6.50. The lowest BCUT2D eigenvalue weighted by Crippen LogP contribution is -2.22. The lowest BCUT2D eigenvalue weighted by atomic mass is 10.3. The number of aryl methyl sites for hydroxylation is 2. The van der Waals surface area contributed by atoms with Crippen molar-refractivity contribution in [3.63, 3.8) is 0 Å². The Morgan fingerprint density at radius 2 is 2.19 bits per heavy atom. The van der Waals surface area contributed by atoms with Crippen LogP contribution in [0.2, 0.25) is 0 Å². The van der Waals surface area contributed by atoms with E-state index >= 15 is 0 Å². The van der Waals surface area contributed by atoms with E-state index in [1.165, 1.54) is 0 Å². The van der Waals surface area contributed by atoms with Crippen LogP contribution in [0.1, 0.15) is 5.69 Å². The zero-order valence-corrected chi connectivity index (χ0v) is 11.0. The molecule has 0 aliphatic carbocycles. The highest BCUT2D eigenvalue weighted by atomic mass is 16.1. The lowest BCUT2D eigenvalue weighted by molar-refractivity contribution is 0.664. The van der Waals surface area contributed by atoms with Crippen LogP contribution < -0.4 is 5.56 Å². The molecule has 0 amide bonds. The Balaban J connectivity index is 1.79. The number of aromatic amines is 1. The number of hydrogen-bond donors (Lipinski definition) is 1. The first-order valence-corrected chi connectivity index (χ1v) is 6.50. The molecule has 0 fully saturated rings. The maximum absolute atomic E-state index is 12.4. The average molecular weight is 281 g/mol. The van der Waals surface area contributed by atoms with Gasteiger partial charge in [-0.25, -0.2) is 9.50 Å².